The second-order valence-corrected chi connectivity index (χ2v) is 4.57. The molecule has 2 saturated carbocycles. The van der Waals surface area contributed by atoms with Gasteiger partial charge in [-0.3, -0.25) is 0 Å². The predicted molar refractivity (Wildman–Crippen MR) is 51.3 cm³/mol. The van der Waals surface area contributed by atoms with Crippen molar-refractivity contribution in [3.63, 3.8) is 0 Å². The Bertz CT molecular complexity index is 148. The molecular weight excluding hydrogens is 148 g/mol. The van der Waals surface area contributed by atoms with Crippen molar-refractivity contribution in [1.29, 1.82) is 0 Å². The molecule has 0 unspecified atom stereocenters. The number of hydrogen-bond acceptors (Lipinski definition) is 2. The average molecular weight is 168 g/mol. The Balaban J connectivity index is 1.41. The Hall–Kier alpha value is -0.0800. The highest BCUT2D eigenvalue weighted by Crippen LogP contribution is 2.33. The highest BCUT2D eigenvalue weighted by Gasteiger charge is 2.35. The number of hydrogen-bond donors (Lipinski definition) is 2. The predicted octanol–water partition coefficient (Wildman–Crippen LogP) is 1.27. The lowest BCUT2D eigenvalue weighted by Gasteiger charge is -2.10. The van der Waals surface area contributed by atoms with Crippen molar-refractivity contribution >= 4 is 0 Å². The molecule has 0 aromatic carbocycles. The minimum absolute atomic E-state index is 0.527. The lowest BCUT2D eigenvalue weighted by atomic mass is 10.3. The van der Waals surface area contributed by atoms with E-state index in [0.29, 0.717) is 5.54 Å². The highest BCUT2D eigenvalue weighted by molar-refractivity contribution is 4.97. The van der Waals surface area contributed by atoms with E-state index < -0.39 is 0 Å². The van der Waals surface area contributed by atoms with Gasteiger partial charge in [-0.2, -0.15) is 0 Å². The van der Waals surface area contributed by atoms with Crippen molar-refractivity contribution in [3.05, 3.63) is 0 Å². The van der Waals surface area contributed by atoms with E-state index in [4.69, 9.17) is 0 Å². The smallest absolute Gasteiger partial charge is 0.0154 e. The van der Waals surface area contributed by atoms with Gasteiger partial charge in [0.15, 0.2) is 0 Å². The van der Waals surface area contributed by atoms with E-state index in [1.165, 1.54) is 45.2 Å². The van der Waals surface area contributed by atoms with Crippen LogP contribution >= 0.6 is 0 Å². The molecule has 0 spiro atoms. The summed E-state index contributed by atoms with van der Waals surface area (Å²) in [6.45, 7) is 4.71. The van der Waals surface area contributed by atoms with Gasteiger partial charge in [-0.1, -0.05) is 0 Å². The molecule has 0 bridgehead atoms. The van der Waals surface area contributed by atoms with Crippen molar-refractivity contribution < 1.29 is 0 Å². The van der Waals surface area contributed by atoms with Crippen LogP contribution in [0.15, 0.2) is 0 Å². The SMILES string of the molecule is CC1(NCCCNC2CC2)CC1. The zero-order valence-corrected chi connectivity index (χ0v) is 8.03. The van der Waals surface area contributed by atoms with E-state index in [1.807, 2.05) is 0 Å². The van der Waals surface area contributed by atoms with Crippen molar-refractivity contribution in [2.45, 2.75) is 50.6 Å². The van der Waals surface area contributed by atoms with Crippen LogP contribution in [0, 0.1) is 0 Å². The van der Waals surface area contributed by atoms with E-state index in [2.05, 4.69) is 17.6 Å². The van der Waals surface area contributed by atoms with Crippen LogP contribution in [0.4, 0.5) is 0 Å². The van der Waals surface area contributed by atoms with Gasteiger partial charge in [0.2, 0.25) is 0 Å². The summed E-state index contributed by atoms with van der Waals surface area (Å²) in [4.78, 5) is 0. The quantitative estimate of drug-likeness (QED) is 0.584. The Kier molecular flexibility index (Phi) is 2.37. The summed E-state index contributed by atoms with van der Waals surface area (Å²) in [7, 11) is 0. The van der Waals surface area contributed by atoms with Gasteiger partial charge in [0.1, 0.15) is 0 Å². The maximum atomic E-state index is 3.59. The lowest BCUT2D eigenvalue weighted by molar-refractivity contribution is 0.512. The maximum absolute atomic E-state index is 3.59. The average Bonchev–Trinajstić information content (AvgIpc) is 2.88. The summed E-state index contributed by atoms with van der Waals surface area (Å²) in [5.74, 6) is 0. The molecule has 0 aromatic heterocycles. The third-order valence-corrected chi connectivity index (χ3v) is 2.92. The van der Waals surface area contributed by atoms with E-state index >= 15 is 0 Å². The first-order valence-electron chi connectivity index (χ1n) is 5.27. The van der Waals surface area contributed by atoms with Crippen LogP contribution in [0.5, 0.6) is 0 Å². The van der Waals surface area contributed by atoms with Gasteiger partial charge in [-0.05, 0) is 52.1 Å². The van der Waals surface area contributed by atoms with E-state index in [1.54, 1.807) is 0 Å². The van der Waals surface area contributed by atoms with Crippen LogP contribution in [-0.2, 0) is 0 Å². The summed E-state index contributed by atoms with van der Waals surface area (Å²) in [6, 6.07) is 0.876. The standard InChI is InChI=1S/C10H20N2/c1-10(5-6-10)12-8-2-7-11-9-3-4-9/h9,11-12H,2-8H2,1H3. The minimum atomic E-state index is 0.527. The molecule has 2 fully saturated rings. The fourth-order valence-electron chi connectivity index (χ4n) is 1.44. The van der Waals surface area contributed by atoms with Gasteiger partial charge in [0.25, 0.3) is 0 Å². The second kappa shape index (κ2) is 3.35. The highest BCUT2D eigenvalue weighted by atomic mass is 15.0. The van der Waals surface area contributed by atoms with E-state index in [9.17, 15) is 0 Å². The van der Waals surface area contributed by atoms with Crippen molar-refractivity contribution in [2.75, 3.05) is 13.1 Å². The van der Waals surface area contributed by atoms with Crippen LogP contribution in [0.2, 0.25) is 0 Å². The summed E-state index contributed by atoms with van der Waals surface area (Å²) < 4.78 is 0. The molecule has 2 aliphatic rings. The largest absolute Gasteiger partial charge is 0.314 e. The van der Waals surface area contributed by atoms with E-state index in [-0.39, 0.29) is 0 Å². The van der Waals surface area contributed by atoms with Crippen LogP contribution in [0.1, 0.15) is 39.0 Å². The third-order valence-electron chi connectivity index (χ3n) is 2.92. The number of rotatable bonds is 6. The molecule has 0 aliphatic heterocycles. The van der Waals surface area contributed by atoms with Crippen LogP contribution in [-0.4, -0.2) is 24.7 Å². The normalized spacial score (nSPS) is 25.8. The van der Waals surface area contributed by atoms with Crippen LogP contribution < -0.4 is 10.6 Å². The van der Waals surface area contributed by atoms with Gasteiger partial charge in [0, 0.05) is 11.6 Å². The Morgan fingerprint density at radius 3 is 2.58 bits per heavy atom. The Morgan fingerprint density at radius 2 is 2.00 bits per heavy atom. The Morgan fingerprint density at radius 1 is 1.25 bits per heavy atom. The van der Waals surface area contributed by atoms with Gasteiger partial charge in [-0.15, -0.1) is 0 Å². The molecule has 0 atom stereocenters. The summed E-state index contributed by atoms with van der Waals surface area (Å²) in [6.07, 6.45) is 6.86. The molecule has 0 aromatic rings. The zero-order chi connectivity index (χ0) is 8.44. The lowest BCUT2D eigenvalue weighted by Crippen LogP contribution is -2.31. The molecule has 12 heavy (non-hydrogen) atoms. The fraction of sp³-hybridized carbons (Fsp3) is 1.00. The molecule has 0 radical (unpaired) electrons. The first-order valence-corrected chi connectivity index (χ1v) is 5.27. The molecule has 70 valence electrons. The molecule has 0 saturated heterocycles. The molecule has 2 rings (SSSR count). The van der Waals surface area contributed by atoms with Crippen molar-refractivity contribution in [1.82, 2.24) is 10.6 Å². The molecule has 0 amide bonds. The summed E-state index contributed by atoms with van der Waals surface area (Å²) >= 11 is 0. The maximum Gasteiger partial charge on any atom is 0.0154 e. The molecule has 2 heteroatoms. The molecule has 2 aliphatic carbocycles. The minimum Gasteiger partial charge on any atom is -0.314 e. The summed E-state index contributed by atoms with van der Waals surface area (Å²) in [5, 5.41) is 7.11. The fourth-order valence-corrected chi connectivity index (χ4v) is 1.44. The Labute approximate surface area is 75.1 Å². The van der Waals surface area contributed by atoms with Gasteiger partial charge in [-0.25, -0.2) is 0 Å². The molecule has 2 nitrogen and oxygen atoms in total. The monoisotopic (exact) mass is 168 g/mol. The van der Waals surface area contributed by atoms with Gasteiger partial charge < -0.3 is 10.6 Å². The second-order valence-electron chi connectivity index (χ2n) is 4.57. The van der Waals surface area contributed by atoms with Crippen LogP contribution in [0.25, 0.3) is 0 Å². The first kappa shape index (κ1) is 8.52. The topological polar surface area (TPSA) is 24.1 Å². The van der Waals surface area contributed by atoms with Gasteiger partial charge >= 0.3 is 0 Å². The number of nitrogens with one attached hydrogen (secondary N) is 2. The first-order chi connectivity index (χ1) is 5.79. The van der Waals surface area contributed by atoms with Crippen molar-refractivity contribution in [2.24, 2.45) is 0 Å². The van der Waals surface area contributed by atoms with Gasteiger partial charge in [0.05, 0.1) is 0 Å². The van der Waals surface area contributed by atoms with Crippen LogP contribution in [0.3, 0.4) is 0 Å². The summed E-state index contributed by atoms with van der Waals surface area (Å²) in [5.41, 5.74) is 0.527. The van der Waals surface area contributed by atoms with Crippen molar-refractivity contribution in [3.8, 4) is 0 Å². The molecular formula is C10H20N2. The van der Waals surface area contributed by atoms with E-state index in [0.717, 1.165) is 6.04 Å². The zero-order valence-electron chi connectivity index (χ0n) is 8.03. The molecule has 2 N–H and O–H groups in total. The third kappa shape index (κ3) is 2.76. The molecule has 0 heterocycles.